The number of anilines is 1. The molecular formula is C16H14F2N4OS. The van der Waals surface area contributed by atoms with Crippen LogP contribution in [0.5, 0.6) is 0 Å². The zero-order chi connectivity index (χ0) is 17.3. The minimum absolute atomic E-state index is 0.0510. The zero-order valence-electron chi connectivity index (χ0n) is 13.0. The number of benzene rings is 1. The van der Waals surface area contributed by atoms with E-state index in [0.29, 0.717) is 17.7 Å². The third-order valence-electron chi connectivity index (χ3n) is 3.47. The molecule has 1 N–H and O–H groups in total. The van der Waals surface area contributed by atoms with Gasteiger partial charge in [0.05, 0.1) is 11.9 Å². The molecule has 0 saturated carbocycles. The Bertz CT molecular complexity index is 903. The largest absolute Gasteiger partial charge is 0.318 e. The molecule has 8 heteroatoms. The van der Waals surface area contributed by atoms with E-state index in [1.807, 2.05) is 0 Å². The van der Waals surface area contributed by atoms with Crippen molar-refractivity contribution in [2.24, 2.45) is 7.05 Å². The average molecular weight is 348 g/mol. The first-order chi connectivity index (χ1) is 11.5. The first-order valence-electron chi connectivity index (χ1n) is 7.22. The van der Waals surface area contributed by atoms with Crippen molar-refractivity contribution in [3.63, 3.8) is 0 Å². The Labute approximate surface area is 141 Å². The summed E-state index contributed by atoms with van der Waals surface area (Å²) in [7, 11) is 1.73. The van der Waals surface area contributed by atoms with Gasteiger partial charge in [-0.3, -0.25) is 9.48 Å². The van der Waals surface area contributed by atoms with E-state index in [-0.39, 0.29) is 16.3 Å². The van der Waals surface area contributed by atoms with Gasteiger partial charge in [0.2, 0.25) is 0 Å². The molecule has 3 aromatic rings. The summed E-state index contributed by atoms with van der Waals surface area (Å²) in [5.74, 6) is -2.24. The Hall–Kier alpha value is -2.61. The van der Waals surface area contributed by atoms with Gasteiger partial charge in [-0.2, -0.15) is 5.10 Å². The fourth-order valence-corrected chi connectivity index (χ4v) is 3.03. The van der Waals surface area contributed by atoms with E-state index in [1.54, 1.807) is 24.9 Å². The van der Waals surface area contributed by atoms with Crippen LogP contribution in [0, 0.1) is 11.6 Å². The molecule has 0 radical (unpaired) electrons. The van der Waals surface area contributed by atoms with E-state index >= 15 is 0 Å². The molecular weight excluding hydrogens is 334 g/mol. The molecule has 0 saturated heterocycles. The molecule has 1 aromatic carbocycles. The number of amides is 1. The predicted octanol–water partition coefficient (Wildman–Crippen LogP) is 3.64. The molecule has 3 rings (SSSR count). The number of halogens is 2. The maximum atomic E-state index is 14.2. The predicted molar refractivity (Wildman–Crippen MR) is 88.0 cm³/mol. The highest BCUT2D eigenvalue weighted by molar-refractivity contribution is 7.13. The summed E-state index contributed by atoms with van der Waals surface area (Å²) in [5, 5.41) is 8.35. The van der Waals surface area contributed by atoms with Gasteiger partial charge in [0.25, 0.3) is 5.91 Å². The van der Waals surface area contributed by atoms with Crippen LogP contribution in [0.4, 0.5) is 14.5 Å². The zero-order valence-corrected chi connectivity index (χ0v) is 13.8. The van der Waals surface area contributed by atoms with Gasteiger partial charge in [0.1, 0.15) is 10.7 Å². The first kappa shape index (κ1) is 16.3. The molecule has 0 aliphatic carbocycles. The summed E-state index contributed by atoms with van der Waals surface area (Å²) in [6, 6.07) is 3.02. The summed E-state index contributed by atoms with van der Waals surface area (Å²) in [5.41, 5.74) is 1.03. The van der Waals surface area contributed by atoms with Crippen molar-refractivity contribution in [1.29, 1.82) is 0 Å². The highest BCUT2D eigenvalue weighted by Crippen LogP contribution is 2.29. The highest BCUT2D eigenvalue weighted by atomic mass is 32.1. The van der Waals surface area contributed by atoms with Gasteiger partial charge in [-0.05, 0) is 18.1 Å². The highest BCUT2D eigenvalue weighted by Gasteiger charge is 2.18. The minimum Gasteiger partial charge on any atom is -0.318 e. The monoisotopic (exact) mass is 348 g/mol. The number of nitrogens with zero attached hydrogens (tertiary/aromatic N) is 3. The molecule has 5 nitrogen and oxygen atoms in total. The van der Waals surface area contributed by atoms with E-state index in [1.165, 1.54) is 23.7 Å². The topological polar surface area (TPSA) is 59.8 Å². The van der Waals surface area contributed by atoms with E-state index in [9.17, 15) is 13.6 Å². The van der Waals surface area contributed by atoms with E-state index in [4.69, 9.17) is 0 Å². The summed E-state index contributed by atoms with van der Waals surface area (Å²) in [6.07, 6.45) is 3.55. The third-order valence-corrected chi connectivity index (χ3v) is 4.35. The standard InChI is InChI=1S/C16H14F2N4OS/c1-3-9-4-5-11(14(18)13(9)17)16-21-12(8-24-16)15(23)20-10-6-19-22(2)7-10/h4-8H,3H2,1-2H3,(H,20,23). The minimum atomic E-state index is -0.942. The lowest BCUT2D eigenvalue weighted by atomic mass is 10.1. The summed E-state index contributed by atoms with van der Waals surface area (Å²) in [4.78, 5) is 16.3. The number of aromatic nitrogens is 3. The number of aryl methyl sites for hydroxylation is 2. The summed E-state index contributed by atoms with van der Waals surface area (Å²) >= 11 is 1.08. The van der Waals surface area contributed by atoms with Gasteiger partial charge in [-0.1, -0.05) is 13.0 Å². The normalized spacial score (nSPS) is 10.8. The van der Waals surface area contributed by atoms with Gasteiger partial charge >= 0.3 is 0 Å². The van der Waals surface area contributed by atoms with Gasteiger partial charge in [-0.25, -0.2) is 13.8 Å². The van der Waals surface area contributed by atoms with Crippen LogP contribution in [0.3, 0.4) is 0 Å². The number of nitrogens with one attached hydrogen (secondary N) is 1. The van der Waals surface area contributed by atoms with Crippen molar-refractivity contribution < 1.29 is 13.6 Å². The maximum absolute atomic E-state index is 14.2. The van der Waals surface area contributed by atoms with Crippen molar-refractivity contribution in [3.8, 4) is 10.6 Å². The van der Waals surface area contributed by atoms with Gasteiger partial charge in [-0.15, -0.1) is 11.3 Å². The number of carbonyl (C=O) groups is 1. The fraction of sp³-hybridized carbons (Fsp3) is 0.188. The Morgan fingerprint density at radius 2 is 2.12 bits per heavy atom. The van der Waals surface area contributed by atoms with Crippen LogP contribution < -0.4 is 5.32 Å². The van der Waals surface area contributed by atoms with Crippen LogP contribution in [0.1, 0.15) is 23.0 Å². The second-order valence-electron chi connectivity index (χ2n) is 5.15. The van der Waals surface area contributed by atoms with Gasteiger partial charge in [0, 0.05) is 24.2 Å². The molecule has 24 heavy (non-hydrogen) atoms. The quantitative estimate of drug-likeness (QED) is 0.783. The van der Waals surface area contributed by atoms with Gasteiger partial charge < -0.3 is 5.32 Å². The first-order valence-corrected chi connectivity index (χ1v) is 8.10. The van der Waals surface area contributed by atoms with Crippen molar-refractivity contribution >= 4 is 22.9 Å². The Kier molecular flexibility index (Phi) is 4.39. The summed E-state index contributed by atoms with van der Waals surface area (Å²) in [6.45, 7) is 1.75. The molecule has 0 spiro atoms. The number of hydrogen-bond acceptors (Lipinski definition) is 4. The number of hydrogen-bond donors (Lipinski definition) is 1. The molecule has 2 heterocycles. The van der Waals surface area contributed by atoms with Crippen LogP contribution in [0.25, 0.3) is 10.6 Å². The molecule has 0 fully saturated rings. The molecule has 0 unspecified atom stereocenters. The average Bonchev–Trinajstić information content (AvgIpc) is 3.19. The molecule has 2 aromatic heterocycles. The molecule has 0 aliphatic rings. The second-order valence-corrected chi connectivity index (χ2v) is 6.01. The molecule has 0 atom stereocenters. The van der Waals surface area contributed by atoms with Crippen LogP contribution in [0.15, 0.2) is 29.9 Å². The number of thiazole rings is 1. The Morgan fingerprint density at radius 3 is 2.79 bits per heavy atom. The molecule has 1 amide bonds. The number of rotatable bonds is 4. The van der Waals surface area contributed by atoms with Crippen molar-refractivity contribution in [3.05, 3.63) is 52.8 Å². The third kappa shape index (κ3) is 3.05. The van der Waals surface area contributed by atoms with Crippen LogP contribution >= 0.6 is 11.3 Å². The summed E-state index contributed by atoms with van der Waals surface area (Å²) < 4.78 is 29.6. The smallest absolute Gasteiger partial charge is 0.275 e. The number of carbonyl (C=O) groups excluding carboxylic acids is 1. The Morgan fingerprint density at radius 1 is 1.33 bits per heavy atom. The van der Waals surface area contributed by atoms with Gasteiger partial charge in [0.15, 0.2) is 11.6 Å². The Balaban J connectivity index is 1.85. The van der Waals surface area contributed by atoms with Crippen LogP contribution in [-0.4, -0.2) is 20.7 Å². The van der Waals surface area contributed by atoms with Crippen LogP contribution in [-0.2, 0) is 13.5 Å². The van der Waals surface area contributed by atoms with Crippen LogP contribution in [0.2, 0.25) is 0 Å². The lowest BCUT2D eigenvalue weighted by molar-refractivity contribution is 0.102. The maximum Gasteiger partial charge on any atom is 0.275 e. The lowest BCUT2D eigenvalue weighted by Gasteiger charge is -2.04. The van der Waals surface area contributed by atoms with Crippen molar-refractivity contribution in [2.75, 3.05) is 5.32 Å². The fourth-order valence-electron chi connectivity index (χ4n) is 2.21. The molecule has 124 valence electrons. The molecule has 0 bridgehead atoms. The van der Waals surface area contributed by atoms with E-state index in [0.717, 1.165) is 11.3 Å². The lowest BCUT2D eigenvalue weighted by Crippen LogP contribution is -2.11. The van der Waals surface area contributed by atoms with E-state index in [2.05, 4.69) is 15.4 Å². The SMILES string of the molecule is CCc1ccc(-c2nc(C(=O)Nc3cnn(C)c3)cs2)c(F)c1F. The van der Waals surface area contributed by atoms with Crippen molar-refractivity contribution in [1.82, 2.24) is 14.8 Å². The second kappa shape index (κ2) is 6.48. The van der Waals surface area contributed by atoms with Crippen molar-refractivity contribution in [2.45, 2.75) is 13.3 Å². The molecule has 0 aliphatic heterocycles. The van der Waals surface area contributed by atoms with E-state index < -0.39 is 17.5 Å².